The summed E-state index contributed by atoms with van der Waals surface area (Å²) in [6.07, 6.45) is 3.54. The molecule has 24 heavy (non-hydrogen) atoms. The van der Waals surface area contributed by atoms with Gasteiger partial charge in [0, 0.05) is 23.0 Å². The summed E-state index contributed by atoms with van der Waals surface area (Å²) in [7, 11) is 0. The van der Waals surface area contributed by atoms with Crippen LogP contribution in [0.15, 0.2) is 76.9 Å². The average molecular weight is 314 g/mol. The molecular weight excluding hydrogens is 300 g/mol. The Kier molecular flexibility index (Phi) is 3.35. The predicted molar refractivity (Wildman–Crippen MR) is 94.4 cm³/mol. The Hall–Kier alpha value is -3.40. The van der Waals surface area contributed by atoms with Gasteiger partial charge in [0.05, 0.1) is 0 Å². The van der Waals surface area contributed by atoms with E-state index in [1.165, 1.54) is 0 Å². The molecular formula is C20H14N2O2. The van der Waals surface area contributed by atoms with E-state index in [0.29, 0.717) is 22.4 Å². The average Bonchev–Trinajstić information content (AvgIpc) is 2.66. The predicted octanol–water partition coefficient (Wildman–Crippen LogP) is 4.58. The number of hydrogen-bond donors (Lipinski definition) is 1. The molecule has 0 saturated heterocycles. The van der Waals surface area contributed by atoms with Crippen LogP contribution >= 0.6 is 0 Å². The fourth-order valence-corrected chi connectivity index (χ4v) is 2.74. The van der Waals surface area contributed by atoms with Crippen LogP contribution in [0, 0.1) is 0 Å². The van der Waals surface area contributed by atoms with E-state index in [1.807, 2.05) is 48.5 Å². The molecule has 0 aliphatic heterocycles. The molecule has 116 valence electrons. The Morgan fingerprint density at radius 2 is 1.88 bits per heavy atom. The standard InChI is InChI=1S/C20H14N2O2/c1-2-13-7-8-19-16(9-13)17(22-23)11-20(24-19)18-10-14-5-3-4-6-15(14)12-21-18/h2-12,23H,1H2/b22-17-. The van der Waals surface area contributed by atoms with Gasteiger partial charge in [-0.2, -0.15) is 0 Å². The number of nitrogens with zero attached hydrogens (tertiary/aromatic N) is 2. The van der Waals surface area contributed by atoms with E-state index in [4.69, 9.17) is 4.42 Å². The lowest BCUT2D eigenvalue weighted by Crippen LogP contribution is -2.04. The maximum Gasteiger partial charge on any atom is 0.155 e. The monoisotopic (exact) mass is 314 g/mol. The summed E-state index contributed by atoms with van der Waals surface area (Å²) in [6.45, 7) is 3.75. The molecule has 4 aromatic rings. The van der Waals surface area contributed by atoms with Gasteiger partial charge in [-0.1, -0.05) is 48.1 Å². The van der Waals surface area contributed by atoms with Crippen molar-refractivity contribution in [3.05, 3.63) is 78.3 Å². The minimum Gasteiger partial charge on any atom is -0.454 e. The molecule has 0 fully saturated rings. The molecule has 0 radical (unpaired) electrons. The van der Waals surface area contributed by atoms with Crippen LogP contribution in [0.4, 0.5) is 0 Å². The summed E-state index contributed by atoms with van der Waals surface area (Å²) in [5.41, 5.74) is 2.24. The molecule has 0 spiro atoms. The second-order valence-electron chi connectivity index (χ2n) is 5.47. The number of aromatic nitrogens is 1. The Morgan fingerprint density at radius 3 is 2.67 bits per heavy atom. The van der Waals surface area contributed by atoms with Gasteiger partial charge in [-0.05, 0) is 29.1 Å². The zero-order valence-corrected chi connectivity index (χ0v) is 12.8. The van der Waals surface area contributed by atoms with Crippen molar-refractivity contribution in [1.82, 2.24) is 4.98 Å². The van der Waals surface area contributed by atoms with E-state index in [2.05, 4.69) is 16.7 Å². The van der Waals surface area contributed by atoms with Crippen molar-refractivity contribution in [3.8, 4) is 11.5 Å². The van der Waals surface area contributed by atoms with Gasteiger partial charge in [0.15, 0.2) is 5.76 Å². The van der Waals surface area contributed by atoms with Crippen LogP contribution in [-0.4, -0.2) is 10.2 Å². The quantitative estimate of drug-likeness (QED) is 0.435. The first-order chi connectivity index (χ1) is 11.8. The topological polar surface area (TPSA) is 58.6 Å². The van der Waals surface area contributed by atoms with Crippen LogP contribution in [0.25, 0.3) is 39.3 Å². The highest BCUT2D eigenvalue weighted by atomic mass is 16.4. The smallest absolute Gasteiger partial charge is 0.155 e. The van der Waals surface area contributed by atoms with Crippen molar-refractivity contribution in [2.75, 3.05) is 0 Å². The first kappa shape index (κ1) is 14.2. The van der Waals surface area contributed by atoms with Crippen molar-refractivity contribution in [2.45, 2.75) is 0 Å². The lowest BCUT2D eigenvalue weighted by molar-refractivity contribution is 0.302. The molecule has 0 saturated carbocycles. The number of pyridine rings is 1. The van der Waals surface area contributed by atoms with Crippen molar-refractivity contribution in [2.24, 2.45) is 5.16 Å². The first-order valence-electron chi connectivity index (χ1n) is 7.52. The Labute approximate surface area is 138 Å². The molecule has 0 atom stereocenters. The minimum absolute atomic E-state index is 0.435. The van der Waals surface area contributed by atoms with E-state index in [0.717, 1.165) is 21.7 Å². The summed E-state index contributed by atoms with van der Waals surface area (Å²) in [6, 6.07) is 17.2. The number of hydrogen-bond acceptors (Lipinski definition) is 4. The number of benzene rings is 2. The van der Waals surface area contributed by atoms with Crippen molar-refractivity contribution >= 4 is 27.8 Å². The van der Waals surface area contributed by atoms with Crippen LogP contribution in [0.2, 0.25) is 0 Å². The fraction of sp³-hybridized carbons (Fsp3) is 0. The van der Waals surface area contributed by atoms with Gasteiger partial charge in [0.1, 0.15) is 16.6 Å². The first-order valence-corrected chi connectivity index (χ1v) is 7.52. The third-order valence-corrected chi connectivity index (χ3v) is 3.99. The van der Waals surface area contributed by atoms with Crippen molar-refractivity contribution in [3.63, 3.8) is 0 Å². The summed E-state index contributed by atoms with van der Waals surface area (Å²) in [4.78, 5) is 4.46. The molecule has 4 heteroatoms. The molecule has 0 bridgehead atoms. The Morgan fingerprint density at radius 1 is 1.04 bits per heavy atom. The molecule has 0 amide bonds. The third kappa shape index (κ3) is 2.34. The molecule has 4 rings (SSSR count). The van der Waals surface area contributed by atoms with E-state index in [9.17, 15) is 5.21 Å². The van der Waals surface area contributed by atoms with Crippen LogP contribution in [-0.2, 0) is 0 Å². The number of fused-ring (bicyclic) bond motifs is 2. The van der Waals surface area contributed by atoms with Crippen LogP contribution in [0.3, 0.4) is 0 Å². The second-order valence-corrected chi connectivity index (χ2v) is 5.47. The van der Waals surface area contributed by atoms with Gasteiger partial charge in [-0.3, -0.25) is 4.98 Å². The highest BCUT2D eigenvalue weighted by Gasteiger charge is 2.08. The molecule has 0 aliphatic rings. The van der Waals surface area contributed by atoms with Gasteiger partial charge in [-0.15, -0.1) is 0 Å². The van der Waals surface area contributed by atoms with Gasteiger partial charge in [0.25, 0.3) is 0 Å². The van der Waals surface area contributed by atoms with Crippen LogP contribution < -0.4 is 5.36 Å². The molecule has 2 heterocycles. The molecule has 0 aliphatic carbocycles. The van der Waals surface area contributed by atoms with E-state index in [-0.39, 0.29) is 0 Å². The zero-order valence-electron chi connectivity index (χ0n) is 12.8. The molecule has 2 aromatic carbocycles. The Bertz CT molecular complexity index is 1140. The van der Waals surface area contributed by atoms with Crippen LogP contribution in [0.1, 0.15) is 5.56 Å². The van der Waals surface area contributed by atoms with E-state index in [1.54, 1.807) is 18.3 Å². The van der Waals surface area contributed by atoms with Crippen molar-refractivity contribution < 1.29 is 9.62 Å². The van der Waals surface area contributed by atoms with E-state index < -0.39 is 0 Å². The largest absolute Gasteiger partial charge is 0.454 e. The third-order valence-electron chi connectivity index (χ3n) is 3.99. The lowest BCUT2D eigenvalue weighted by atomic mass is 10.1. The summed E-state index contributed by atoms with van der Waals surface area (Å²) in [5, 5.41) is 16.1. The second kappa shape index (κ2) is 5.66. The Balaban J connectivity index is 1.97. The summed E-state index contributed by atoms with van der Waals surface area (Å²) >= 11 is 0. The minimum atomic E-state index is 0.435. The highest BCUT2D eigenvalue weighted by molar-refractivity contribution is 5.85. The van der Waals surface area contributed by atoms with Gasteiger partial charge >= 0.3 is 0 Å². The maximum absolute atomic E-state index is 9.38. The molecule has 1 N–H and O–H groups in total. The van der Waals surface area contributed by atoms with Gasteiger partial charge in [-0.25, -0.2) is 0 Å². The fourth-order valence-electron chi connectivity index (χ4n) is 2.74. The summed E-state index contributed by atoms with van der Waals surface area (Å²) < 4.78 is 5.97. The lowest BCUT2D eigenvalue weighted by Gasteiger charge is -2.06. The number of rotatable bonds is 2. The highest BCUT2D eigenvalue weighted by Crippen LogP contribution is 2.24. The summed E-state index contributed by atoms with van der Waals surface area (Å²) in [5.74, 6) is 0.549. The molecule has 2 aromatic heterocycles. The van der Waals surface area contributed by atoms with Gasteiger partial charge < -0.3 is 9.62 Å². The van der Waals surface area contributed by atoms with Crippen molar-refractivity contribution in [1.29, 1.82) is 0 Å². The normalized spacial score (nSPS) is 11.9. The zero-order chi connectivity index (χ0) is 16.5. The molecule has 0 unspecified atom stereocenters. The maximum atomic E-state index is 9.38. The SMILES string of the molecule is C=Cc1ccc2oc(-c3cc4ccccc4cn3)c/c(=N/O)c2c1. The van der Waals surface area contributed by atoms with E-state index >= 15 is 0 Å². The van der Waals surface area contributed by atoms with Gasteiger partial charge in [0.2, 0.25) is 0 Å². The molecule has 4 nitrogen and oxygen atoms in total. The van der Waals surface area contributed by atoms with Crippen LogP contribution in [0.5, 0.6) is 0 Å².